The highest BCUT2D eigenvalue weighted by atomic mass is 16.3. The Kier molecular flexibility index (Phi) is 6.68. The van der Waals surface area contributed by atoms with E-state index in [-0.39, 0.29) is 24.9 Å². The molecule has 0 aliphatic rings. The van der Waals surface area contributed by atoms with Gasteiger partial charge in [0.2, 0.25) is 0 Å². The first kappa shape index (κ1) is 17.0. The standard InChI is InChI=1S/C16H18N2O2.H3N/c17-11-15(20)10-14(19)9-12-4-3-5-13(8-12)16-6-1-2-7-18-16;/h1-8,15,20H,9-11,17H2;1H3. The third-order valence-electron chi connectivity index (χ3n) is 3.02. The molecule has 5 nitrogen and oxygen atoms in total. The number of nitrogens with zero attached hydrogens (tertiary/aromatic N) is 1. The number of Topliss-reactive ketones (excluding diaryl/α,β-unsaturated/α-hetero) is 1. The van der Waals surface area contributed by atoms with Crippen LogP contribution in [0.5, 0.6) is 0 Å². The molecule has 0 spiro atoms. The number of ketones is 1. The van der Waals surface area contributed by atoms with Gasteiger partial charge in [-0.05, 0) is 23.8 Å². The van der Waals surface area contributed by atoms with Gasteiger partial charge in [0.05, 0.1) is 11.8 Å². The fraction of sp³-hybridized carbons (Fsp3) is 0.250. The lowest BCUT2D eigenvalue weighted by molar-refractivity contribution is -0.120. The van der Waals surface area contributed by atoms with Crippen molar-refractivity contribution in [2.45, 2.75) is 18.9 Å². The van der Waals surface area contributed by atoms with Crippen molar-refractivity contribution in [2.24, 2.45) is 5.73 Å². The van der Waals surface area contributed by atoms with E-state index in [0.717, 1.165) is 16.8 Å². The molecule has 0 radical (unpaired) electrons. The summed E-state index contributed by atoms with van der Waals surface area (Å²) in [6.07, 6.45) is 1.40. The average molecular weight is 287 g/mol. The highest BCUT2D eigenvalue weighted by Crippen LogP contribution is 2.18. The zero-order valence-corrected chi connectivity index (χ0v) is 11.9. The van der Waals surface area contributed by atoms with Crippen molar-refractivity contribution in [2.75, 3.05) is 6.54 Å². The van der Waals surface area contributed by atoms with E-state index in [9.17, 15) is 9.90 Å². The predicted molar refractivity (Wildman–Crippen MR) is 83.1 cm³/mol. The Morgan fingerprint density at radius 1 is 1.24 bits per heavy atom. The minimum atomic E-state index is -0.749. The van der Waals surface area contributed by atoms with E-state index in [1.165, 1.54) is 0 Å². The number of carbonyl (C=O) groups is 1. The maximum atomic E-state index is 11.8. The Balaban J connectivity index is 0.00000220. The van der Waals surface area contributed by atoms with Gasteiger partial charge in [-0.1, -0.05) is 24.3 Å². The molecule has 0 aliphatic carbocycles. The average Bonchev–Trinajstić information content (AvgIpc) is 2.48. The SMILES string of the molecule is N.NCC(O)CC(=O)Cc1cccc(-c2ccccn2)c1. The van der Waals surface area contributed by atoms with Gasteiger partial charge in [-0.25, -0.2) is 0 Å². The van der Waals surface area contributed by atoms with E-state index in [1.54, 1.807) is 6.20 Å². The molecule has 0 aliphatic heterocycles. The van der Waals surface area contributed by atoms with E-state index in [2.05, 4.69) is 4.98 Å². The van der Waals surface area contributed by atoms with Crippen LogP contribution in [-0.4, -0.2) is 28.5 Å². The Morgan fingerprint density at radius 2 is 2.05 bits per heavy atom. The summed E-state index contributed by atoms with van der Waals surface area (Å²) in [5.41, 5.74) is 8.08. The first-order chi connectivity index (χ1) is 9.69. The predicted octanol–water partition coefficient (Wildman–Crippen LogP) is 1.73. The van der Waals surface area contributed by atoms with Gasteiger partial charge in [-0.15, -0.1) is 0 Å². The molecular formula is C16H21N3O2. The van der Waals surface area contributed by atoms with Gasteiger partial charge in [-0.3, -0.25) is 9.78 Å². The van der Waals surface area contributed by atoms with Crippen molar-refractivity contribution in [3.05, 3.63) is 54.2 Å². The summed E-state index contributed by atoms with van der Waals surface area (Å²) in [6, 6.07) is 13.5. The molecule has 0 bridgehead atoms. The molecule has 0 saturated carbocycles. The number of benzene rings is 1. The van der Waals surface area contributed by atoms with E-state index < -0.39 is 6.10 Å². The van der Waals surface area contributed by atoms with Gasteiger partial charge >= 0.3 is 0 Å². The number of hydrogen-bond acceptors (Lipinski definition) is 5. The van der Waals surface area contributed by atoms with Crippen molar-refractivity contribution >= 4 is 5.78 Å². The van der Waals surface area contributed by atoms with E-state index in [4.69, 9.17) is 5.73 Å². The summed E-state index contributed by atoms with van der Waals surface area (Å²) in [5, 5.41) is 9.38. The van der Waals surface area contributed by atoms with Gasteiger partial charge in [0.1, 0.15) is 5.78 Å². The smallest absolute Gasteiger partial charge is 0.139 e. The molecule has 112 valence electrons. The Morgan fingerprint density at radius 3 is 2.71 bits per heavy atom. The Labute approximate surface area is 124 Å². The number of aliphatic hydroxyl groups excluding tert-OH is 1. The second-order valence-corrected chi connectivity index (χ2v) is 4.72. The molecule has 1 atom stereocenters. The molecule has 2 aromatic rings. The van der Waals surface area contributed by atoms with Crippen LogP contribution in [0.25, 0.3) is 11.3 Å². The van der Waals surface area contributed by atoms with Crippen molar-refractivity contribution in [3.63, 3.8) is 0 Å². The Hall–Kier alpha value is -2.08. The monoisotopic (exact) mass is 287 g/mol. The quantitative estimate of drug-likeness (QED) is 0.749. The zero-order chi connectivity index (χ0) is 14.4. The minimum Gasteiger partial charge on any atom is -0.391 e. The maximum Gasteiger partial charge on any atom is 0.139 e. The molecule has 0 fully saturated rings. The topological polar surface area (TPSA) is 111 Å². The summed E-state index contributed by atoms with van der Waals surface area (Å²) in [7, 11) is 0. The molecule has 0 saturated heterocycles. The largest absolute Gasteiger partial charge is 0.391 e. The summed E-state index contributed by atoms with van der Waals surface area (Å²) in [5.74, 6) is -0.0129. The highest BCUT2D eigenvalue weighted by molar-refractivity contribution is 5.81. The number of pyridine rings is 1. The van der Waals surface area contributed by atoms with Crippen LogP contribution in [0.4, 0.5) is 0 Å². The van der Waals surface area contributed by atoms with E-state index >= 15 is 0 Å². The van der Waals surface area contributed by atoms with Crippen LogP contribution in [-0.2, 0) is 11.2 Å². The van der Waals surface area contributed by atoms with E-state index in [1.807, 2.05) is 42.5 Å². The lowest BCUT2D eigenvalue weighted by Gasteiger charge is -2.07. The molecule has 1 aromatic heterocycles. The highest BCUT2D eigenvalue weighted by Gasteiger charge is 2.10. The van der Waals surface area contributed by atoms with Crippen molar-refractivity contribution in [1.29, 1.82) is 0 Å². The van der Waals surface area contributed by atoms with Gasteiger partial charge in [0.25, 0.3) is 0 Å². The molecule has 1 unspecified atom stereocenters. The Bertz CT molecular complexity index is 573. The van der Waals surface area contributed by atoms with Gasteiger partial charge < -0.3 is 17.0 Å². The number of nitrogens with two attached hydrogens (primary N) is 1. The van der Waals surface area contributed by atoms with Crippen LogP contribution in [0.1, 0.15) is 12.0 Å². The number of aromatic nitrogens is 1. The number of rotatable bonds is 6. The zero-order valence-electron chi connectivity index (χ0n) is 11.9. The lowest BCUT2D eigenvalue weighted by Crippen LogP contribution is -2.23. The number of aliphatic hydroxyl groups is 1. The number of hydrogen-bond donors (Lipinski definition) is 3. The van der Waals surface area contributed by atoms with E-state index in [0.29, 0.717) is 6.42 Å². The first-order valence-corrected chi connectivity index (χ1v) is 6.59. The fourth-order valence-electron chi connectivity index (χ4n) is 2.02. The van der Waals surface area contributed by atoms with Crippen LogP contribution < -0.4 is 11.9 Å². The molecule has 2 rings (SSSR count). The van der Waals surface area contributed by atoms with Crippen LogP contribution in [0, 0.1) is 0 Å². The molecule has 1 aromatic carbocycles. The number of carbonyl (C=O) groups excluding carboxylic acids is 1. The second kappa shape index (κ2) is 8.26. The molecular weight excluding hydrogens is 266 g/mol. The maximum absolute atomic E-state index is 11.8. The van der Waals surface area contributed by atoms with Gasteiger partial charge in [-0.2, -0.15) is 0 Å². The summed E-state index contributed by atoms with van der Waals surface area (Å²) in [6.45, 7) is 0.111. The van der Waals surface area contributed by atoms with Crippen LogP contribution in [0.15, 0.2) is 48.7 Å². The van der Waals surface area contributed by atoms with Crippen molar-refractivity contribution < 1.29 is 9.90 Å². The normalized spacial score (nSPS) is 11.5. The second-order valence-electron chi connectivity index (χ2n) is 4.72. The molecule has 0 amide bonds. The van der Waals surface area contributed by atoms with Gasteiger partial charge in [0, 0.05) is 31.1 Å². The lowest BCUT2D eigenvalue weighted by atomic mass is 10.0. The van der Waals surface area contributed by atoms with Crippen molar-refractivity contribution in [1.82, 2.24) is 11.1 Å². The van der Waals surface area contributed by atoms with Gasteiger partial charge in [0.15, 0.2) is 0 Å². The molecule has 6 N–H and O–H groups in total. The minimum absolute atomic E-state index is 0. The third kappa shape index (κ3) is 5.07. The summed E-state index contributed by atoms with van der Waals surface area (Å²) >= 11 is 0. The summed E-state index contributed by atoms with van der Waals surface area (Å²) in [4.78, 5) is 16.1. The third-order valence-corrected chi connectivity index (χ3v) is 3.02. The molecule has 1 heterocycles. The van der Waals surface area contributed by atoms with Crippen LogP contribution in [0.2, 0.25) is 0 Å². The molecule has 21 heavy (non-hydrogen) atoms. The first-order valence-electron chi connectivity index (χ1n) is 6.59. The summed E-state index contributed by atoms with van der Waals surface area (Å²) < 4.78 is 0. The van der Waals surface area contributed by atoms with Crippen LogP contribution in [0.3, 0.4) is 0 Å². The van der Waals surface area contributed by atoms with Crippen LogP contribution >= 0.6 is 0 Å². The fourth-order valence-corrected chi connectivity index (χ4v) is 2.02. The molecule has 5 heteroatoms. The van der Waals surface area contributed by atoms with Crippen molar-refractivity contribution in [3.8, 4) is 11.3 Å².